The standard InChI is InChI=1S/C17H13FN4O2S/c1-11-2-4-16(20-9-11)17-7-13(10-21-17)25(23,24)22-15-5-3-12(8-19)6-14(15)18/h2-7,9-10,21-22H,1H3. The van der Waals surface area contributed by atoms with Crippen molar-refractivity contribution >= 4 is 15.7 Å². The minimum Gasteiger partial charge on any atom is -0.359 e. The van der Waals surface area contributed by atoms with Gasteiger partial charge in [-0.25, -0.2) is 12.8 Å². The molecule has 25 heavy (non-hydrogen) atoms. The van der Waals surface area contributed by atoms with Crippen LogP contribution in [0.5, 0.6) is 0 Å². The molecule has 0 saturated heterocycles. The Hall–Kier alpha value is -3.18. The Morgan fingerprint density at radius 2 is 2.04 bits per heavy atom. The SMILES string of the molecule is Cc1ccc(-c2cc(S(=O)(=O)Nc3ccc(C#N)cc3F)c[nH]2)nc1. The molecule has 2 aromatic heterocycles. The predicted octanol–water partition coefficient (Wildman–Crippen LogP) is 3.20. The second kappa shape index (κ2) is 6.37. The number of sulfonamides is 1. The lowest BCUT2D eigenvalue weighted by Crippen LogP contribution is -2.13. The van der Waals surface area contributed by atoms with Crippen LogP contribution in [0.1, 0.15) is 11.1 Å². The van der Waals surface area contributed by atoms with Gasteiger partial charge in [-0.3, -0.25) is 9.71 Å². The number of nitriles is 1. The molecule has 6 nitrogen and oxygen atoms in total. The van der Waals surface area contributed by atoms with Crippen LogP contribution in [0, 0.1) is 24.1 Å². The third kappa shape index (κ3) is 3.51. The molecule has 0 aliphatic rings. The quantitative estimate of drug-likeness (QED) is 0.750. The summed E-state index contributed by atoms with van der Waals surface area (Å²) >= 11 is 0. The fraction of sp³-hybridized carbons (Fsp3) is 0.0588. The number of halogens is 1. The Balaban J connectivity index is 1.88. The summed E-state index contributed by atoms with van der Waals surface area (Å²) in [5.41, 5.74) is 1.99. The monoisotopic (exact) mass is 356 g/mol. The maximum Gasteiger partial charge on any atom is 0.263 e. The van der Waals surface area contributed by atoms with Crippen LogP contribution in [0.3, 0.4) is 0 Å². The Labute approximate surface area is 144 Å². The summed E-state index contributed by atoms with van der Waals surface area (Å²) < 4.78 is 40.9. The van der Waals surface area contributed by atoms with Crippen LogP contribution in [0.25, 0.3) is 11.4 Å². The molecule has 0 saturated carbocycles. The van der Waals surface area contributed by atoms with Crippen molar-refractivity contribution in [3.8, 4) is 17.5 Å². The third-order valence-electron chi connectivity index (χ3n) is 3.50. The molecule has 0 atom stereocenters. The van der Waals surface area contributed by atoms with E-state index in [1.807, 2.05) is 13.0 Å². The molecule has 8 heteroatoms. The molecule has 2 N–H and O–H groups in total. The fourth-order valence-electron chi connectivity index (χ4n) is 2.18. The van der Waals surface area contributed by atoms with Gasteiger partial charge in [0.2, 0.25) is 0 Å². The van der Waals surface area contributed by atoms with Gasteiger partial charge >= 0.3 is 0 Å². The van der Waals surface area contributed by atoms with E-state index in [0.29, 0.717) is 11.4 Å². The zero-order valence-corrected chi connectivity index (χ0v) is 13.9. The first kappa shape index (κ1) is 16.7. The molecule has 3 rings (SSSR count). The molecule has 0 amide bonds. The Kier molecular flexibility index (Phi) is 4.25. The van der Waals surface area contributed by atoms with Gasteiger partial charge in [0.15, 0.2) is 0 Å². The van der Waals surface area contributed by atoms with E-state index in [0.717, 1.165) is 11.6 Å². The van der Waals surface area contributed by atoms with Crippen molar-refractivity contribution in [2.45, 2.75) is 11.8 Å². The number of nitrogens with one attached hydrogen (secondary N) is 2. The average molecular weight is 356 g/mol. The van der Waals surface area contributed by atoms with Crippen molar-refractivity contribution in [3.63, 3.8) is 0 Å². The van der Waals surface area contributed by atoms with Gasteiger partial charge in [-0.05, 0) is 42.8 Å². The fourth-order valence-corrected chi connectivity index (χ4v) is 3.24. The van der Waals surface area contributed by atoms with E-state index in [-0.39, 0.29) is 16.1 Å². The van der Waals surface area contributed by atoms with Crippen molar-refractivity contribution in [2.24, 2.45) is 0 Å². The summed E-state index contributed by atoms with van der Waals surface area (Å²) in [7, 11) is -3.98. The average Bonchev–Trinajstić information content (AvgIpc) is 3.08. The molecule has 2 heterocycles. The summed E-state index contributed by atoms with van der Waals surface area (Å²) in [5.74, 6) is -0.821. The topological polar surface area (TPSA) is 98.6 Å². The van der Waals surface area contributed by atoms with E-state index in [9.17, 15) is 12.8 Å². The first-order valence-electron chi connectivity index (χ1n) is 7.23. The molecule has 126 valence electrons. The minimum absolute atomic E-state index is 0.0476. The van der Waals surface area contributed by atoms with Gasteiger partial charge in [0, 0.05) is 12.4 Å². The molecule has 0 spiro atoms. The number of aromatic nitrogens is 2. The predicted molar refractivity (Wildman–Crippen MR) is 90.7 cm³/mol. The number of benzene rings is 1. The second-order valence-corrected chi connectivity index (χ2v) is 7.06. The number of H-pyrrole nitrogens is 1. The maximum atomic E-state index is 13.9. The highest BCUT2D eigenvalue weighted by Gasteiger charge is 2.19. The van der Waals surface area contributed by atoms with Gasteiger partial charge in [-0.1, -0.05) is 6.07 Å². The molecule has 0 bridgehead atoms. The molecule has 3 aromatic rings. The highest BCUT2D eigenvalue weighted by atomic mass is 32.2. The van der Waals surface area contributed by atoms with Crippen molar-refractivity contribution < 1.29 is 12.8 Å². The van der Waals surface area contributed by atoms with E-state index in [4.69, 9.17) is 5.26 Å². The number of aromatic amines is 1. The van der Waals surface area contributed by atoms with Gasteiger partial charge in [0.05, 0.1) is 28.7 Å². The number of rotatable bonds is 4. The second-order valence-electron chi connectivity index (χ2n) is 5.38. The van der Waals surface area contributed by atoms with E-state index < -0.39 is 15.8 Å². The van der Waals surface area contributed by atoms with Crippen LogP contribution in [-0.4, -0.2) is 18.4 Å². The van der Waals surface area contributed by atoms with Gasteiger partial charge in [0.25, 0.3) is 10.0 Å². The van der Waals surface area contributed by atoms with Crippen LogP contribution < -0.4 is 4.72 Å². The van der Waals surface area contributed by atoms with E-state index in [1.54, 1.807) is 18.3 Å². The maximum absolute atomic E-state index is 13.9. The van der Waals surface area contributed by atoms with E-state index in [2.05, 4.69) is 14.7 Å². The zero-order valence-electron chi connectivity index (χ0n) is 13.1. The van der Waals surface area contributed by atoms with Gasteiger partial charge < -0.3 is 4.98 Å². The lowest BCUT2D eigenvalue weighted by atomic mass is 10.2. The smallest absolute Gasteiger partial charge is 0.263 e. The Morgan fingerprint density at radius 3 is 2.68 bits per heavy atom. The first-order valence-corrected chi connectivity index (χ1v) is 8.71. The lowest BCUT2D eigenvalue weighted by Gasteiger charge is -2.07. The van der Waals surface area contributed by atoms with Crippen LogP contribution in [-0.2, 0) is 10.0 Å². The summed E-state index contributed by atoms with van der Waals surface area (Å²) in [4.78, 5) is 7.02. The van der Waals surface area contributed by atoms with Gasteiger partial charge in [-0.15, -0.1) is 0 Å². The lowest BCUT2D eigenvalue weighted by molar-refractivity contribution is 0.598. The number of hydrogen-bond acceptors (Lipinski definition) is 4. The number of nitrogens with zero attached hydrogens (tertiary/aromatic N) is 2. The van der Waals surface area contributed by atoms with Crippen LogP contribution in [0.4, 0.5) is 10.1 Å². The number of pyridine rings is 1. The molecular formula is C17H13FN4O2S. The molecular weight excluding hydrogens is 343 g/mol. The Morgan fingerprint density at radius 1 is 1.24 bits per heavy atom. The highest BCUT2D eigenvalue weighted by molar-refractivity contribution is 7.92. The molecule has 0 radical (unpaired) electrons. The summed E-state index contributed by atoms with van der Waals surface area (Å²) in [6.07, 6.45) is 2.98. The van der Waals surface area contributed by atoms with Gasteiger partial charge in [0.1, 0.15) is 10.7 Å². The minimum atomic E-state index is -3.98. The summed E-state index contributed by atoms with van der Waals surface area (Å²) in [6.45, 7) is 1.90. The zero-order chi connectivity index (χ0) is 18.0. The van der Waals surface area contributed by atoms with Crippen LogP contribution >= 0.6 is 0 Å². The van der Waals surface area contributed by atoms with E-state index >= 15 is 0 Å². The molecule has 0 aliphatic heterocycles. The molecule has 0 unspecified atom stereocenters. The van der Waals surface area contributed by atoms with Crippen molar-refractivity contribution in [2.75, 3.05) is 4.72 Å². The molecule has 0 fully saturated rings. The molecule has 1 aromatic carbocycles. The van der Waals surface area contributed by atoms with E-state index in [1.165, 1.54) is 24.4 Å². The normalized spacial score (nSPS) is 11.1. The first-order chi connectivity index (χ1) is 11.9. The van der Waals surface area contributed by atoms with Gasteiger partial charge in [-0.2, -0.15) is 5.26 Å². The summed E-state index contributed by atoms with van der Waals surface area (Å²) in [6, 6.07) is 10.3. The summed E-state index contributed by atoms with van der Waals surface area (Å²) in [5, 5.41) is 8.73. The van der Waals surface area contributed by atoms with Crippen LogP contribution in [0.15, 0.2) is 53.7 Å². The number of hydrogen-bond donors (Lipinski definition) is 2. The molecule has 0 aliphatic carbocycles. The number of aryl methyl sites for hydroxylation is 1. The number of anilines is 1. The van der Waals surface area contributed by atoms with Crippen molar-refractivity contribution in [1.82, 2.24) is 9.97 Å². The third-order valence-corrected chi connectivity index (χ3v) is 4.84. The van der Waals surface area contributed by atoms with Crippen molar-refractivity contribution in [1.29, 1.82) is 5.26 Å². The largest absolute Gasteiger partial charge is 0.359 e. The van der Waals surface area contributed by atoms with Crippen LogP contribution in [0.2, 0.25) is 0 Å². The Bertz CT molecular complexity index is 1070. The van der Waals surface area contributed by atoms with Crippen molar-refractivity contribution in [3.05, 3.63) is 65.7 Å². The highest BCUT2D eigenvalue weighted by Crippen LogP contribution is 2.23.